The molecule has 1 heterocycles. The number of hydrogen-bond acceptors (Lipinski definition) is 3. The Morgan fingerprint density at radius 3 is 2.94 bits per heavy atom. The maximum absolute atomic E-state index is 9.90. The normalized spacial score (nSPS) is 25.1. The SMILES string of the molecule is CCc1nn(C)cc1CN[C@H]1CCCC[C@@H]1O. The summed E-state index contributed by atoms with van der Waals surface area (Å²) in [6.45, 7) is 2.94. The van der Waals surface area contributed by atoms with Crippen LogP contribution in [0.2, 0.25) is 0 Å². The molecular formula is C13H23N3O. The topological polar surface area (TPSA) is 50.1 Å². The van der Waals surface area contributed by atoms with Crippen molar-refractivity contribution in [3.05, 3.63) is 17.5 Å². The van der Waals surface area contributed by atoms with Crippen LogP contribution in [0.4, 0.5) is 0 Å². The molecule has 0 saturated heterocycles. The molecule has 1 fully saturated rings. The lowest BCUT2D eigenvalue weighted by Gasteiger charge is -2.28. The first-order valence-corrected chi connectivity index (χ1v) is 6.63. The van der Waals surface area contributed by atoms with Gasteiger partial charge in [0.05, 0.1) is 11.8 Å². The zero-order valence-corrected chi connectivity index (χ0v) is 10.8. The number of rotatable bonds is 4. The second-order valence-electron chi connectivity index (χ2n) is 4.97. The summed E-state index contributed by atoms with van der Waals surface area (Å²) in [5, 5.41) is 17.8. The first-order valence-electron chi connectivity index (χ1n) is 6.63. The van der Waals surface area contributed by atoms with E-state index in [1.54, 1.807) is 0 Å². The molecule has 4 heteroatoms. The van der Waals surface area contributed by atoms with Gasteiger partial charge in [-0.1, -0.05) is 19.8 Å². The van der Waals surface area contributed by atoms with Gasteiger partial charge >= 0.3 is 0 Å². The standard InChI is InChI=1S/C13H23N3O/c1-3-11-10(9-16(2)15-11)8-14-12-6-4-5-7-13(12)17/h9,12-14,17H,3-8H2,1-2H3/t12-,13-/m0/s1. The molecule has 0 spiro atoms. The number of aliphatic hydroxyl groups is 1. The van der Waals surface area contributed by atoms with E-state index in [0.717, 1.165) is 37.9 Å². The van der Waals surface area contributed by atoms with Crippen LogP contribution in [0, 0.1) is 0 Å². The average Bonchev–Trinajstić information content (AvgIpc) is 2.69. The Hall–Kier alpha value is -0.870. The molecule has 0 aromatic carbocycles. The van der Waals surface area contributed by atoms with Gasteiger partial charge in [-0.3, -0.25) is 4.68 Å². The van der Waals surface area contributed by atoms with Crippen LogP contribution >= 0.6 is 0 Å². The maximum atomic E-state index is 9.90. The summed E-state index contributed by atoms with van der Waals surface area (Å²) in [5.41, 5.74) is 2.41. The average molecular weight is 237 g/mol. The fraction of sp³-hybridized carbons (Fsp3) is 0.769. The molecule has 2 atom stereocenters. The van der Waals surface area contributed by atoms with Gasteiger partial charge in [0.2, 0.25) is 0 Å². The Morgan fingerprint density at radius 2 is 2.24 bits per heavy atom. The van der Waals surface area contributed by atoms with Crippen molar-refractivity contribution in [3.8, 4) is 0 Å². The number of aliphatic hydroxyl groups excluding tert-OH is 1. The summed E-state index contributed by atoms with van der Waals surface area (Å²) in [4.78, 5) is 0. The molecule has 1 aliphatic rings. The second-order valence-corrected chi connectivity index (χ2v) is 4.97. The molecule has 0 bridgehead atoms. The summed E-state index contributed by atoms with van der Waals surface area (Å²) >= 11 is 0. The van der Waals surface area contributed by atoms with Crippen LogP contribution in [0.25, 0.3) is 0 Å². The fourth-order valence-electron chi connectivity index (χ4n) is 2.62. The molecule has 17 heavy (non-hydrogen) atoms. The van der Waals surface area contributed by atoms with E-state index in [-0.39, 0.29) is 12.1 Å². The number of nitrogens with one attached hydrogen (secondary N) is 1. The minimum Gasteiger partial charge on any atom is -0.392 e. The highest BCUT2D eigenvalue weighted by Gasteiger charge is 2.22. The quantitative estimate of drug-likeness (QED) is 0.831. The number of nitrogens with zero attached hydrogens (tertiary/aromatic N) is 2. The van der Waals surface area contributed by atoms with Gasteiger partial charge in [0.25, 0.3) is 0 Å². The Labute approximate surface area is 103 Å². The molecule has 1 aromatic heterocycles. The van der Waals surface area contributed by atoms with E-state index < -0.39 is 0 Å². The Kier molecular flexibility index (Phi) is 4.18. The summed E-state index contributed by atoms with van der Waals surface area (Å²) in [7, 11) is 1.96. The molecule has 1 saturated carbocycles. The third kappa shape index (κ3) is 3.07. The van der Waals surface area contributed by atoms with Crippen LogP contribution in [-0.2, 0) is 20.0 Å². The highest BCUT2D eigenvalue weighted by Crippen LogP contribution is 2.19. The smallest absolute Gasteiger partial charge is 0.0693 e. The van der Waals surface area contributed by atoms with Crippen LogP contribution in [0.15, 0.2) is 6.20 Å². The zero-order valence-electron chi connectivity index (χ0n) is 10.8. The molecule has 0 amide bonds. The molecule has 0 aliphatic heterocycles. The van der Waals surface area contributed by atoms with Crippen LogP contribution in [0.5, 0.6) is 0 Å². The van der Waals surface area contributed by atoms with E-state index in [1.807, 2.05) is 11.7 Å². The van der Waals surface area contributed by atoms with Crippen molar-refractivity contribution in [1.82, 2.24) is 15.1 Å². The third-order valence-electron chi connectivity index (χ3n) is 3.61. The van der Waals surface area contributed by atoms with E-state index in [1.165, 1.54) is 12.0 Å². The van der Waals surface area contributed by atoms with E-state index in [9.17, 15) is 5.11 Å². The maximum Gasteiger partial charge on any atom is 0.0693 e. The van der Waals surface area contributed by atoms with Gasteiger partial charge in [0.15, 0.2) is 0 Å². The number of aryl methyl sites for hydroxylation is 2. The Balaban J connectivity index is 1.92. The summed E-state index contributed by atoms with van der Waals surface area (Å²) in [6, 6.07) is 0.258. The predicted molar refractivity (Wildman–Crippen MR) is 67.7 cm³/mol. The molecule has 96 valence electrons. The molecule has 4 nitrogen and oxygen atoms in total. The highest BCUT2D eigenvalue weighted by molar-refractivity contribution is 5.16. The first-order chi connectivity index (χ1) is 8.20. The lowest BCUT2D eigenvalue weighted by atomic mass is 9.92. The van der Waals surface area contributed by atoms with E-state index >= 15 is 0 Å². The molecule has 2 rings (SSSR count). The minimum atomic E-state index is -0.175. The number of hydrogen-bond donors (Lipinski definition) is 2. The first kappa shape index (κ1) is 12.6. The largest absolute Gasteiger partial charge is 0.392 e. The fourth-order valence-corrected chi connectivity index (χ4v) is 2.62. The van der Waals surface area contributed by atoms with E-state index in [0.29, 0.717) is 0 Å². The van der Waals surface area contributed by atoms with Crippen molar-refractivity contribution in [2.75, 3.05) is 0 Å². The molecule has 1 aliphatic carbocycles. The van der Waals surface area contributed by atoms with Crippen LogP contribution in [0.1, 0.15) is 43.9 Å². The predicted octanol–water partition coefficient (Wildman–Crippen LogP) is 1.38. The molecule has 1 aromatic rings. The highest BCUT2D eigenvalue weighted by atomic mass is 16.3. The lowest BCUT2D eigenvalue weighted by molar-refractivity contribution is 0.0902. The van der Waals surface area contributed by atoms with Crippen molar-refractivity contribution in [3.63, 3.8) is 0 Å². The van der Waals surface area contributed by atoms with Crippen molar-refractivity contribution in [2.24, 2.45) is 7.05 Å². The third-order valence-corrected chi connectivity index (χ3v) is 3.61. The summed E-state index contributed by atoms with van der Waals surface area (Å²) in [6.07, 6.45) is 7.26. The molecule has 0 unspecified atom stereocenters. The Morgan fingerprint density at radius 1 is 1.47 bits per heavy atom. The minimum absolute atomic E-state index is 0.175. The summed E-state index contributed by atoms with van der Waals surface area (Å²) in [5.74, 6) is 0. The van der Waals surface area contributed by atoms with E-state index in [2.05, 4.69) is 23.5 Å². The van der Waals surface area contributed by atoms with Crippen LogP contribution in [0.3, 0.4) is 0 Å². The van der Waals surface area contributed by atoms with Crippen molar-refractivity contribution in [1.29, 1.82) is 0 Å². The van der Waals surface area contributed by atoms with Gasteiger partial charge in [-0.2, -0.15) is 5.10 Å². The van der Waals surface area contributed by atoms with Crippen molar-refractivity contribution >= 4 is 0 Å². The monoisotopic (exact) mass is 237 g/mol. The van der Waals surface area contributed by atoms with Crippen LogP contribution in [-0.4, -0.2) is 27.0 Å². The van der Waals surface area contributed by atoms with Gasteiger partial charge in [0.1, 0.15) is 0 Å². The second kappa shape index (κ2) is 5.65. The van der Waals surface area contributed by atoms with Gasteiger partial charge in [0, 0.05) is 31.4 Å². The molecule has 0 radical (unpaired) electrons. The van der Waals surface area contributed by atoms with Gasteiger partial charge in [-0.15, -0.1) is 0 Å². The van der Waals surface area contributed by atoms with Gasteiger partial charge in [-0.25, -0.2) is 0 Å². The molecule has 2 N–H and O–H groups in total. The van der Waals surface area contributed by atoms with Crippen LogP contribution < -0.4 is 5.32 Å². The lowest BCUT2D eigenvalue weighted by Crippen LogP contribution is -2.41. The van der Waals surface area contributed by atoms with Gasteiger partial charge in [-0.05, 0) is 19.3 Å². The van der Waals surface area contributed by atoms with Crippen molar-refractivity contribution < 1.29 is 5.11 Å². The van der Waals surface area contributed by atoms with Gasteiger partial charge < -0.3 is 10.4 Å². The summed E-state index contributed by atoms with van der Waals surface area (Å²) < 4.78 is 1.87. The Bertz CT molecular complexity index is 362. The van der Waals surface area contributed by atoms with E-state index in [4.69, 9.17) is 0 Å². The molecular weight excluding hydrogens is 214 g/mol. The number of aromatic nitrogens is 2. The van der Waals surface area contributed by atoms with Crippen molar-refractivity contribution in [2.45, 2.75) is 57.7 Å². The zero-order chi connectivity index (χ0) is 12.3.